The number of nitrogens with zero attached hydrogens (tertiary/aromatic N) is 8. The molecule has 0 aliphatic carbocycles. The van der Waals surface area contributed by atoms with Gasteiger partial charge in [-0.2, -0.15) is 9.98 Å². The molecule has 0 radical (unpaired) electrons. The van der Waals surface area contributed by atoms with E-state index in [2.05, 4.69) is 75.1 Å². The van der Waals surface area contributed by atoms with E-state index in [1.807, 2.05) is 61.2 Å². The van der Waals surface area contributed by atoms with Gasteiger partial charge in [-0.3, -0.25) is 0 Å². The molecule has 0 spiro atoms. The first kappa shape index (κ1) is 36.4. The van der Waals surface area contributed by atoms with Gasteiger partial charge in [-0.15, -0.1) is 11.3 Å². The van der Waals surface area contributed by atoms with Crippen molar-refractivity contribution in [2.24, 2.45) is 20.0 Å². The van der Waals surface area contributed by atoms with Gasteiger partial charge in [-0.25, -0.2) is 19.9 Å². The molecule has 2 N–H and O–H groups in total. The van der Waals surface area contributed by atoms with Crippen molar-refractivity contribution in [1.82, 2.24) is 9.88 Å². The second-order valence-corrected chi connectivity index (χ2v) is 16.8. The van der Waals surface area contributed by atoms with E-state index in [9.17, 15) is 0 Å². The number of thiazole rings is 1. The van der Waals surface area contributed by atoms with Crippen LogP contribution in [-0.2, 0) is 0 Å². The zero-order chi connectivity index (χ0) is 40.2. The van der Waals surface area contributed by atoms with Crippen molar-refractivity contribution in [3.8, 4) is 0 Å². The Balaban J connectivity index is 1.06. The van der Waals surface area contributed by atoms with Crippen LogP contribution in [0.15, 0.2) is 132 Å². The topological polar surface area (TPSA) is 122 Å². The number of aryl methyl sites for hydroxylation is 2. The van der Waals surface area contributed by atoms with Crippen molar-refractivity contribution >= 4 is 85.2 Å². The summed E-state index contributed by atoms with van der Waals surface area (Å²) in [6, 6.07) is 29.1. The Labute approximate surface area is 352 Å². The Morgan fingerprint density at radius 1 is 0.600 bits per heavy atom. The fourth-order valence-corrected chi connectivity index (χ4v) is 9.44. The monoisotopic (exact) mass is 812 g/mol. The average Bonchev–Trinajstić information content (AvgIpc) is 4.03. The number of amidine groups is 1. The largest absolute Gasteiger partial charge is 0.446 e. The van der Waals surface area contributed by atoms with Gasteiger partial charge >= 0.3 is 0 Å². The third kappa shape index (κ3) is 6.98. The predicted molar refractivity (Wildman–Crippen MR) is 244 cm³/mol. The Morgan fingerprint density at radius 3 is 1.85 bits per heavy atom. The number of piperidine rings is 2. The van der Waals surface area contributed by atoms with E-state index < -0.39 is 0 Å². The van der Waals surface area contributed by atoms with Gasteiger partial charge in [0.05, 0.1) is 38.7 Å². The Bertz CT molecular complexity index is 2700. The molecule has 300 valence electrons. The quantitative estimate of drug-likeness (QED) is 0.148. The first-order valence-corrected chi connectivity index (χ1v) is 21.7. The molecule has 3 aromatic heterocycles. The second-order valence-electron chi connectivity index (χ2n) is 15.8. The summed E-state index contributed by atoms with van der Waals surface area (Å²) in [4.78, 5) is 32.5. The average molecular weight is 813 g/mol. The predicted octanol–water partition coefficient (Wildman–Crippen LogP) is 10.8. The molecule has 60 heavy (non-hydrogen) atoms. The maximum atomic E-state index is 6.05. The number of hydrogen-bond donors (Lipinski definition) is 2. The number of aromatic nitrogens is 1. The number of anilines is 6. The van der Waals surface area contributed by atoms with E-state index in [0.29, 0.717) is 34.5 Å². The third-order valence-electron chi connectivity index (χ3n) is 11.6. The highest BCUT2D eigenvalue weighted by Gasteiger charge is 2.35. The maximum Gasteiger partial charge on any atom is 0.239 e. The normalized spacial score (nSPS) is 17.7. The van der Waals surface area contributed by atoms with Gasteiger partial charge in [0.25, 0.3) is 0 Å². The highest BCUT2D eigenvalue weighted by atomic mass is 32.1. The number of guanidine groups is 2. The lowest BCUT2D eigenvalue weighted by atomic mass is 10.0. The van der Waals surface area contributed by atoms with Crippen molar-refractivity contribution in [3.63, 3.8) is 0 Å². The fraction of sp³-hybridized carbons (Fsp3) is 0.255. The second kappa shape index (κ2) is 15.1. The molecular weight excluding hydrogens is 769 g/mol. The lowest BCUT2D eigenvalue weighted by molar-refractivity contribution is 0.550. The molecule has 13 heteroatoms. The van der Waals surface area contributed by atoms with Gasteiger partial charge < -0.3 is 29.3 Å². The third-order valence-corrected chi connectivity index (χ3v) is 12.6. The standard InChI is InChI=1S/C47H44N10O2S/c1-29-13-19-42(58-29)48-37-25-31(55-21-7-3-8-22-55)15-17-34(37)39-27-33-28-40(35-18-16-32(56-23-9-4-10-24-56)26-38(35)49-43-20-14-30(2)59-43)52-47-54-44(53-46(51-39)57(33)47)45-50-36-11-5-6-12-41(36)60-45/h5-6,11-20,25-28,48-49H,3-4,7-10,21-24H2,1-2H3. The first-order valence-electron chi connectivity index (χ1n) is 20.9. The summed E-state index contributed by atoms with van der Waals surface area (Å²) in [5.41, 5.74) is 9.24. The van der Waals surface area contributed by atoms with Crippen LogP contribution < -0.4 is 20.4 Å². The van der Waals surface area contributed by atoms with Crippen molar-refractivity contribution in [2.75, 3.05) is 46.6 Å². The molecule has 0 atom stereocenters. The summed E-state index contributed by atoms with van der Waals surface area (Å²) < 4.78 is 13.2. The maximum absolute atomic E-state index is 6.05. The molecule has 2 fully saturated rings. The van der Waals surface area contributed by atoms with Crippen LogP contribution in [0.5, 0.6) is 0 Å². The summed E-state index contributed by atoms with van der Waals surface area (Å²) in [5, 5.41) is 7.90. The smallest absolute Gasteiger partial charge is 0.239 e. The van der Waals surface area contributed by atoms with Gasteiger partial charge in [-0.05, 0) is 125 Å². The number of hydrogen-bond acceptors (Lipinski definition) is 13. The SMILES string of the molecule is Cc1ccc(Nc2cc(N3CCCCC3)ccc2C2=CC3=CC(c4ccc(N5CCCCC5)cc4Nc4ccc(C)o4)=NC4=NC(c5nc6ccccc6s5)=NC(=N2)N34)o1. The molecule has 12 nitrogen and oxygen atoms in total. The minimum Gasteiger partial charge on any atom is -0.446 e. The van der Waals surface area contributed by atoms with E-state index in [1.54, 1.807) is 11.3 Å². The highest BCUT2D eigenvalue weighted by molar-refractivity contribution is 7.20. The van der Waals surface area contributed by atoms with Crippen LogP contribution in [0.1, 0.15) is 66.2 Å². The van der Waals surface area contributed by atoms with Crippen LogP contribution >= 0.6 is 11.3 Å². The molecular formula is C47H44N10O2S. The zero-order valence-corrected chi connectivity index (χ0v) is 34.4. The molecule has 0 saturated carbocycles. The van der Waals surface area contributed by atoms with Crippen LogP contribution in [0, 0.1) is 13.8 Å². The summed E-state index contributed by atoms with van der Waals surface area (Å²) in [6.07, 6.45) is 11.5. The lowest BCUT2D eigenvalue weighted by Crippen LogP contribution is -2.42. The van der Waals surface area contributed by atoms with Gasteiger partial charge in [0.1, 0.15) is 11.5 Å². The molecule has 0 amide bonds. The van der Waals surface area contributed by atoms with Crippen LogP contribution in [0.4, 0.5) is 34.5 Å². The van der Waals surface area contributed by atoms with E-state index in [4.69, 9.17) is 33.8 Å². The summed E-state index contributed by atoms with van der Waals surface area (Å²) >= 11 is 1.56. The Morgan fingerprint density at radius 2 is 1.22 bits per heavy atom. The molecule has 3 aromatic carbocycles. The van der Waals surface area contributed by atoms with E-state index in [1.165, 1.54) is 49.9 Å². The van der Waals surface area contributed by atoms with Crippen LogP contribution in [-0.4, -0.2) is 59.5 Å². The number of benzene rings is 3. The molecule has 2 saturated heterocycles. The first-order chi connectivity index (χ1) is 29.5. The molecule has 6 aromatic rings. The molecule has 0 bridgehead atoms. The van der Waals surface area contributed by atoms with E-state index >= 15 is 0 Å². The summed E-state index contributed by atoms with van der Waals surface area (Å²) in [5.74, 6) is 4.44. The van der Waals surface area contributed by atoms with Crippen LogP contribution in [0.2, 0.25) is 0 Å². The minimum absolute atomic E-state index is 0.474. The van der Waals surface area contributed by atoms with Crippen LogP contribution in [0.25, 0.3) is 15.9 Å². The number of aliphatic imine (C=N–C) groups is 4. The zero-order valence-electron chi connectivity index (χ0n) is 33.6. The molecule has 11 rings (SSSR count). The van der Waals surface area contributed by atoms with Crippen molar-refractivity contribution in [2.45, 2.75) is 52.4 Å². The van der Waals surface area contributed by atoms with Gasteiger partial charge in [0, 0.05) is 60.8 Å². The number of furan rings is 2. The Kier molecular flexibility index (Phi) is 9.17. The minimum atomic E-state index is 0.474. The van der Waals surface area contributed by atoms with Crippen LogP contribution in [0.3, 0.4) is 0 Å². The van der Waals surface area contributed by atoms with Crippen molar-refractivity contribution in [3.05, 3.63) is 130 Å². The number of nitrogens with one attached hydrogen (secondary N) is 2. The summed E-state index contributed by atoms with van der Waals surface area (Å²) in [6.45, 7) is 8.05. The van der Waals surface area contributed by atoms with Gasteiger partial charge in [-0.1, -0.05) is 12.1 Å². The highest BCUT2D eigenvalue weighted by Crippen LogP contribution is 2.39. The number of allylic oxidation sites excluding steroid dienone is 2. The number of rotatable bonds is 9. The molecule has 5 aliphatic heterocycles. The lowest BCUT2D eigenvalue weighted by Gasteiger charge is -2.33. The van der Waals surface area contributed by atoms with Crippen molar-refractivity contribution < 1.29 is 8.83 Å². The molecule has 5 aliphatic rings. The van der Waals surface area contributed by atoms with Gasteiger partial charge in [0.15, 0.2) is 22.6 Å². The summed E-state index contributed by atoms with van der Waals surface area (Å²) in [7, 11) is 0. The number of fused-ring (bicyclic) bond motifs is 1. The van der Waals surface area contributed by atoms with E-state index in [-0.39, 0.29) is 0 Å². The molecule has 0 unspecified atom stereocenters. The van der Waals surface area contributed by atoms with Gasteiger partial charge in [0.2, 0.25) is 11.9 Å². The van der Waals surface area contributed by atoms with Crippen molar-refractivity contribution in [1.29, 1.82) is 0 Å². The fourth-order valence-electron chi connectivity index (χ4n) is 8.54. The molecule has 8 heterocycles. The number of para-hydroxylation sites is 1. The Hall–Kier alpha value is -6.73. The van der Waals surface area contributed by atoms with E-state index in [0.717, 1.165) is 87.5 Å².